The Morgan fingerprint density at radius 1 is 0.500 bits per heavy atom. The van der Waals surface area contributed by atoms with Crippen LogP contribution in [0, 0.1) is 0 Å². The molecule has 387 valence electrons. The predicted molar refractivity (Wildman–Crippen MR) is 342 cm³/mol. The summed E-state index contributed by atoms with van der Waals surface area (Å²) in [6.45, 7) is 31.8. The third-order valence-electron chi connectivity index (χ3n) is 19.9. The average molecular weight is 1050 g/mol. The van der Waals surface area contributed by atoms with E-state index in [2.05, 4.69) is 241 Å². The van der Waals surface area contributed by atoms with Gasteiger partial charge in [-0.3, -0.25) is 0 Å². The van der Waals surface area contributed by atoms with Crippen molar-refractivity contribution in [3.8, 4) is 39.1 Å². The molecule has 4 aliphatic rings. The van der Waals surface area contributed by atoms with E-state index in [1.165, 1.54) is 166 Å². The Bertz CT molecular complexity index is 4430. The van der Waals surface area contributed by atoms with Crippen molar-refractivity contribution in [2.45, 2.75) is 148 Å². The van der Waals surface area contributed by atoms with Crippen LogP contribution in [0.15, 0.2) is 133 Å². The molecule has 0 atom stereocenters. The lowest BCUT2D eigenvalue weighted by molar-refractivity contribution is 0.332. The molecule has 0 unspecified atom stereocenters. The third kappa shape index (κ3) is 6.79. The number of aromatic nitrogens is 1. The lowest BCUT2D eigenvalue weighted by atomic mass is 9.61. The lowest BCUT2D eigenvalue weighted by Crippen LogP contribution is -2.36. The Labute approximate surface area is 470 Å². The maximum atomic E-state index is 4.19. The van der Waals surface area contributed by atoms with Crippen LogP contribution in [0.5, 0.6) is 0 Å². The number of benzene rings is 8. The monoisotopic (exact) mass is 1050 g/mol. The maximum Gasteiger partial charge on any atom is 0.211 e. The van der Waals surface area contributed by atoms with Gasteiger partial charge >= 0.3 is 0 Å². The number of rotatable bonds is 4. The summed E-state index contributed by atoms with van der Waals surface area (Å²) in [7, 11) is 2.62. The normalized spacial score (nSPS) is 18.0. The minimum atomic E-state index is -0.294. The van der Waals surface area contributed by atoms with Crippen LogP contribution in [0.3, 0.4) is 0 Å². The molecule has 0 bridgehead atoms. The molecule has 2 nitrogen and oxygen atoms in total. The molecule has 4 heterocycles. The minimum absolute atomic E-state index is 0.0398. The van der Waals surface area contributed by atoms with Gasteiger partial charge in [-0.15, -0.1) is 22.7 Å². The molecule has 8 aromatic carbocycles. The number of thiophene rings is 2. The number of nitrogens with one attached hydrogen (secondary N) is 1. The van der Waals surface area contributed by atoms with E-state index in [0.29, 0.717) is 0 Å². The van der Waals surface area contributed by atoms with Crippen molar-refractivity contribution in [2.75, 3.05) is 5.32 Å². The number of fused-ring (bicyclic) bond motifs is 16. The third-order valence-corrected chi connectivity index (χ3v) is 22.1. The highest BCUT2D eigenvalue weighted by Gasteiger charge is 2.45. The second kappa shape index (κ2) is 15.9. The zero-order valence-electron chi connectivity index (χ0n) is 47.9. The van der Waals surface area contributed by atoms with Crippen LogP contribution in [0.25, 0.3) is 91.1 Å². The second-order valence-corrected chi connectivity index (χ2v) is 30.3. The van der Waals surface area contributed by atoms with E-state index >= 15 is 0 Å². The fourth-order valence-electron chi connectivity index (χ4n) is 15.1. The van der Waals surface area contributed by atoms with Crippen LogP contribution in [-0.2, 0) is 32.5 Å². The van der Waals surface area contributed by atoms with Crippen LogP contribution >= 0.6 is 22.7 Å². The molecular weight excluding hydrogens is 980 g/mol. The summed E-state index contributed by atoms with van der Waals surface area (Å²) in [4.78, 5) is 0. The van der Waals surface area contributed by atoms with Crippen molar-refractivity contribution in [1.29, 1.82) is 0 Å². The Morgan fingerprint density at radius 3 is 1.78 bits per heavy atom. The minimum Gasteiger partial charge on any atom is -0.355 e. The van der Waals surface area contributed by atoms with E-state index < -0.39 is 0 Å². The maximum absolute atomic E-state index is 4.19. The van der Waals surface area contributed by atoms with Crippen molar-refractivity contribution in [1.82, 2.24) is 4.57 Å². The molecular formula is C73H70BN2S2. The molecule has 0 amide bonds. The van der Waals surface area contributed by atoms with Crippen LogP contribution in [0.2, 0.25) is 0 Å². The summed E-state index contributed by atoms with van der Waals surface area (Å²) in [5, 5.41) is 11.0. The van der Waals surface area contributed by atoms with Crippen molar-refractivity contribution in [3.63, 3.8) is 0 Å². The molecule has 11 aromatic rings. The fourth-order valence-corrected chi connectivity index (χ4v) is 17.3. The summed E-state index contributed by atoms with van der Waals surface area (Å²) in [6, 6.07) is 52.5. The van der Waals surface area contributed by atoms with E-state index in [0.717, 1.165) is 11.4 Å². The van der Waals surface area contributed by atoms with Gasteiger partial charge in [0.15, 0.2) is 0 Å². The SMILES string of the molecule is CC(C)(C)c1ccc(Nc2cc3c(cc2-c2c4c(c5c6cc7c(cc6n6c5c2[B]c2sc5ccc(-c8ccccc8)cc5c2-6)C(C)(C)CCC7(C)C)C(C)(C)c2ccccc2-4)sc2cc4c(cc23)C(C)(C)CCC4(C)C)cc1. The first kappa shape index (κ1) is 48.7. The number of hydrogen-bond donors (Lipinski definition) is 1. The molecule has 1 aliphatic heterocycles. The van der Waals surface area contributed by atoms with Crippen LogP contribution in [0.4, 0.5) is 11.4 Å². The van der Waals surface area contributed by atoms with Gasteiger partial charge in [-0.1, -0.05) is 163 Å². The van der Waals surface area contributed by atoms with Crippen LogP contribution in [-0.4, -0.2) is 11.8 Å². The molecule has 0 saturated heterocycles. The zero-order chi connectivity index (χ0) is 54.0. The van der Waals surface area contributed by atoms with E-state index in [-0.39, 0.29) is 32.5 Å². The van der Waals surface area contributed by atoms with Gasteiger partial charge in [0.1, 0.15) is 0 Å². The Morgan fingerprint density at radius 2 is 1.10 bits per heavy atom. The summed E-state index contributed by atoms with van der Waals surface area (Å²) >= 11 is 3.94. The fraction of sp³-hybridized carbons (Fsp3) is 0.315. The first-order chi connectivity index (χ1) is 37.0. The topological polar surface area (TPSA) is 17.0 Å². The van der Waals surface area contributed by atoms with Gasteiger partial charge in [0.2, 0.25) is 7.28 Å². The first-order valence-corrected chi connectivity index (χ1v) is 30.4. The Hall–Kier alpha value is -6.40. The highest BCUT2D eigenvalue weighted by Crippen LogP contribution is 2.60. The van der Waals surface area contributed by atoms with Crippen LogP contribution in [0.1, 0.15) is 155 Å². The van der Waals surface area contributed by atoms with E-state index in [4.69, 9.17) is 0 Å². The molecule has 0 saturated carbocycles. The molecule has 3 aromatic heterocycles. The average Bonchev–Trinajstić information content (AvgIpc) is 3.54. The van der Waals surface area contributed by atoms with Gasteiger partial charge < -0.3 is 9.88 Å². The van der Waals surface area contributed by atoms with E-state index in [1.54, 1.807) is 0 Å². The molecule has 78 heavy (non-hydrogen) atoms. The van der Waals surface area contributed by atoms with Crippen molar-refractivity contribution in [2.24, 2.45) is 0 Å². The van der Waals surface area contributed by atoms with E-state index in [9.17, 15) is 0 Å². The highest BCUT2D eigenvalue weighted by atomic mass is 32.1. The predicted octanol–water partition coefficient (Wildman–Crippen LogP) is 19.7. The summed E-state index contributed by atoms with van der Waals surface area (Å²) in [5.74, 6) is 0. The Balaban J connectivity index is 1.11. The van der Waals surface area contributed by atoms with E-state index in [1.807, 2.05) is 22.7 Å². The molecule has 1 radical (unpaired) electrons. The highest BCUT2D eigenvalue weighted by molar-refractivity contribution is 7.29. The summed E-state index contributed by atoms with van der Waals surface area (Å²) < 4.78 is 8.12. The standard InChI is InChI=1S/C73H70BN2S2/c1-68(2,3)42-24-26-43(27-25-42)75-55-36-46-45-34-51-54(72(10,11)32-30-69(51,4)5)39-59(45)77-58(46)37-47(55)61-60-44-21-17-18-22-50(44)73(12,13)63(60)62-48-35-52-53(71(8,9)31-29-70(52,6)7)38-56(48)76-65-49-33-41(40-19-15-14-16-20-40)23-28-57(49)78-67(65)74-64(61)66(62)76/h14-28,33-39,75H,29-32H2,1-13H3. The van der Waals surface area contributed by atoms with Gasteiger partial charge in [0, 0.05) is 68.9 Å². The van der Waals surface area contributed by atoms with Crippen molar-refractivity contribution < 1.29 is 0 Å². The van der Waals surface area contributed by atoms with Gasteiger partial charge in [-0.25, -0.2) is 0 Å². The first-order valence-electron chi connectivity index (χ1n) is 28.7. The number of anilines is 2. The number of nitrogens with zero attached hydrogens (tertiary/aromatic N) is 1. The summed E-state index contributed by atoms with van der Waals surface area (Å²) in [5.41, 5.74) is 25.7. The van der Waals surface area contributed by atoms with Crippen molar-refractivity contribution >= 4 is 104 Å². The second-order valence-electron chi connectivity index (χ2n) is 28.1. The lowest BCUT2D eigenvalue weighted by Gasteiger charge is -2.42. The molecule has 5 heteroatoms. The smallest absolute Gasteiger partial charge is 0.211 e. The Kier molecular flexibility index (Phi) is 9.94. The largest absolute Gasteiger partial charge is 0.355 e. The van der Waals surface area contributed by atoms with Gasteiger partial charge in [-0.05, 0) is 190 Å². The molecule has 0 spiro atoms. The van der Waals surface area contributed by atoms with Gasteiger partial charge in [0.05, 0.1) is 11.2 Å². The molecule has 3 aliphatic carbocycles. The molecule has 0 fully saturated rings. The molecule has 15 rings (SSSR count). The van der Waals surface area contributed by atoms with Gasteiger partial charge in [0.25, 0.3) is 0 Å². The summed E-state index contributed by atoms with van der Waals surface area (Å²) in [6.07, 6.45) is 4.73. The van der Waals surface area contributed by atoms with Gasteiger partial charge in [-0.2, -0.15) is 0 Å². The molecule has 1 N–H and O–H groups in total. The zero-order valence-corrected chi connectivity index (χ0v) is 49.5. The van der Waals surface area contributed by atoms with Crippen molar-refractivity contribution in [3.05, 3.63) is 172 Å². The quantitative estimate of drug-likeness (QED) is 0.174. The van der Waals surface area contributed by atoms with Crippen LogP contribution < -0.4 is 15.6 Å². The number of hydrogen-bond acceptors (Lipinski definition) is 3.